The van der Waals surface area contributed by atoms with E-state index in [1.54, 1.807) is 6.92 Å². The smallest absolute Gasteiger partial charge is 0.258 e. The van der Waals surface area contributed by atoms with Gasteiger partial charge < -0.3 is 14.6 Å². The van der Waals surface area contributed by atoms with Crippen molar-refractivity contribution in [3.05, 3.63) is 44.2 Å². The second-order valence-electron chi connectivity index (χ2n) is 6.64. The van der Waals surface area contributed by atoms with Crippen molar-refractivity contribution in [3.8, 4) is 0 Å². The van der Waals surface area contributed by atoms with Crippen LogP contribution in [0.1, 0.15) is 37.8 Å². The van der Waals surface area contributed by atoms with Gasteiger partial charge >= 0.3 is 0 Å². The van der Waals surface area contributed by atoms with Gasteiger partial charge in [0, 0.05) is 36.0 Å². The van der Waals surface area contributed by atoms with Gasteiger partial charge in [-0.3, -0.25) is 14.9 Å². The van der Waals surface area contributed by atoms with E-state index < -0.39 is 30.8 Å². The zero-order valence-corrected chi connectivity index (χ0v) is 16.9. The van der Waals surface area contributed by atoms with E-state index in [1.165, 1.54) is 30.2 Å². The summed E-state index contributed by atoms with van der Waals surface area (Å²) in [6, 6.07) is 0. The third-order valence-corrected chi connectivity index (χ3v) is 4.47. The number of nitrogens with one attached hydrogen (secondary N) is 1. The largest absolute Gasteiger partial charge is 0.374 e. The van der Waals surface area contributed by atoms with Crippen LogP contribution in [-0.2, 0) is 17.9 Å². The fourth-order valence-electron chi connectivity index (χ4n) is 2.85. The van der Waals surface area contributed by atoms with Gasteiger partial charge in [0.1, 0.15) is 12.9 Å². The molecule has 29 heavy (non-hydrogen) atoms. The number of amides is 1. The summed E-state index contributed by atoms with van der Waals surface area (Å²) in [6.07, 6.45) is 2.71. The number of pyridine rings is 1. The van der Waals surface area contributed by atoms with Crippen molar-refractivity contribution in [1.82, 2.24) is 14.8 Å². The Labute approximate surface area is 167 Å². The Morgan fingerprint density at radius 1 is 1.41 bits per heavy atom. The van der Waals surface area contributed by atoms with Gasteiger partial charge in [-0.25, -0.2) is 13.2 Å². The van der Waals surface area contributed by atoms with Gasteiger partial charge in [-0.05, 0) is 26.1 Å². The normalized spacial score (nSPS) is 13.8. The Kier molecular flexibility index (Phi) is 9.32. The van der Waals surface area contributed by atoms with Crippen molar-refractivity contribution in [3.63, 3.8) is 0 Å². The Balaban J connectivity index is 3.92. The molecule has 0 aliphatic rings. The second kappa shape index (κ2) is 11.0. The summed E-state index contributed by atoms with van der Waals surface area (Å²) < 4.78 is 40.5. The number of aliphatic hydroxyl groups excluding tert-OH is 1. The number of nitrogens with zero attached hydrogens (tertiary/aromatic N) is 2. The van der Waals surface area contributed by atoms with Gasteiger partial charge in [0.15, 0.2) is 0 Å². The van der Waals surface area contributed by atoms with Crippen molar-refractivity contribution in [1.29, 1.82) is 0 Å². The van der Waals surface area contributed by atoms with Gasteiger partial charge in [-0.2, -0.15) is 0 Å². The van der Waals surface area contributed by atoms with Crippen molar-refractivity contribution in [2.75, 3.05) is 20.3 Å². The first-order valence-corrected chi connectivity index (χ1v) is 9.21. The maximum Gasteiger partial charge on any atom is 0.258 e. The Hall–Kier alpha value is -2.39. The van der Waals surface area contributed by atoms with Crippen LogP contribution in [0.4, 0.5) is 13.2 Å². The highest BCUT2D eigenvalue weighted by atomic mass is 19.3. The number of allylic oxidation sites excluding steroid dienone is 2. The average Bonchev–Trinajstić information content (AvgIpc) is 2.67. The molecule has 1 atom stereocenters. The van der Waals surface area contributed by atoms with Crippen molar-refractivity contribution < 1.29 is 23.1 Å². The molecule has 9 heteroatoms. The standard InChI is InChI=1S/C20H28F3N3O3/c1-5-25(13-27)12-16-17(18(28)24-4)15(8-6-7-10-21)14(2)19(29)26(16)11-9-20(3,22)23/h6-8,13,18,24,28H,2,5,9-12H2,1,3-4H3/b7-6-,15-8+. The van der Waals surface area contributed by atoms with Gasteiger partial charge in [-0.15, -0.1) is 0 Å². The molecule has 1 rings (SSSR count). The topological polar surface area (TPSA) is 74.6 Å². The molecule has 0 saturated carbocycles. The van der Waals surface area contributed by atoms with Gasteiger partial charge in [0.05, 0.1) is 6.54 Å². The molecule has 0 aliphatic heterocycles. The number of halogens is 3. The van der Waals surface area contributed by atoms with E-state index in [9.17, 15) is 27.9 Å². The number of hydrogen-bond donors (Lipinski definition) is 2. The third-order valence-electron chi connectivity index (χ3n) is 4.47. The number of aliphatic hydroxyl groups is 1. The van der Waals surface area contributed by atoms with Crippen LogP contribution in [0.15, 0.2) is 16.9 Å². The molecule has 2 N–H and O–H groups in total. The zero-order chi connectivity index (χ0) is 22.2. The first-order chi connectivity index (χ1) is 13.6. The number of aromatic nitrogens is 1. The van der Waals surface area contributed by atoms with Gasteiger partial charge in [0.25, 0.3) is 5.56 Å². The summed E-state index contributed by atoms with van der Waals surface area (Å²) in [6.45, 7) is 5.40. The number of carbonyl (C=O) groups is 1. The maximum atomic E-state index is 13.5. The molecule has 162 valence electrons. The Morgan fingerprint density at radius 2 is 2.07 bits per heavy atom. The summed E-state index contributed by atoms with van der Waals surface area (Å²) in [5.41, 5.74) is -0.180. The van der Waals surface area contributed by atoms with Crippen LogP contribution in [0.25, 0.3) is 12.7 Å². The summed E-state index contributed by atoms with van der Waals surface area (Å²) >= 11 is 0. The van der Waals surface area contributed by atoms with Gasteiger partial charge in [-0.1, -0.05) is 24.8 Å². The van der Waals surface area contributed by atoms with Gasteiger partial charge in [0.2, 0.25) is 12.3 Å². The first-order valence-electron chi connectivity index (χ1n) is 9.21. The molecule has 0 spiro atoms. The lowest BCUT2D eigenvalue weighted by Gasteiger charge is -2.25. The third kappa shape index (κ3) is 6.57. The highest BCUT2D eigenvalue weighted by molar-refractivity contribution is 5.48. The van der Waals surface area contributed by atoms with E-state index >= 15 is 0 Å². The molecule has 0 fully saturated rings. The molecule has 0 aromatic carbocycles. The maximum absolute atomic E-state index is 13.5. The summed E-state index contributed by atoms with van der Waals surface area (Å²) in [5, 5.41) is 13.4. The lowest BCUT2D eigenvalue weighted by molar-refractivity contribution is -0.118. The van der Waals surface area contributed by atoms with E-state index in [4.69, 9.17) is 0 Å². The summed E-state index contributed by atoms with van der Waals surface area (Å²) in [4.78, 5) is 25.6. The zero-order valence-electron chi connectivity index (χ0n) is 16.9. The van der Waals surface area contributed by atoms with Crippen LogP contribution >= 0.6 is 0 Å². The molecule has 1 unspecified atom stereocenters. The van der Waals surface area contributed by atoms with Crippen molar-refractivity contribution in [2.45, 2.75) is 45.5 Å². The number of carbonyl (C=O) groups excluding carboxylic acids is 1. The lowest BCUT2D eigenvalue weighted by Crippen LogP contribution is -2.50. The summed E-state index contributed by atoms with van der Waals surface area (Å²) in [5.74, 6) is -3.01. The molecule has 0 aliphatic carbocycles. The molecule has 6 nitrogen and oxygen atoms in total. The van der Waals surface area contributed by atoms with Crippen molar-refractivity contribution >= 4 is 19.1 Å². The average molecular weight is 415 g/mol. The molecular weight excluding hydrogens is 387 g/mol. The molecule has 0 saturated heterocycles. The predicted octanol–water partition coefficient (Wildman–Crippen LogP) is 0.799. The van der Waals surface area contributed by atoms with E-state index in [1.807, 2.05) is 0 Å². The van der Waals surface area contributed by atoms with E-state index in [0.29, 0.717) is 13.0 Å². The summed E-state index contributed by atoms with van der Waals surface area (Å²) in [7, 11) is 1.48. The fourth-order valence-corrected chi connectivity index (χ4v) is 2.85. The minimum absolute atomic E-state index is 0.0184. The van der Waals surface area contributed by atoms with Crippen LogP contribution in [0.2, 0.25) is 0 Å². The predicted molar refractivity (Wildman–Crippen MR) is 106 cm³/mol. The molecule has 1 amide bonds. The minimum Gasteiger partial charge on any atom is -0.374 e. The second-order valence-corrected chi connectivity index (χ2v) is 6.64. The molecule has 0 bridgehead atoms. The fraction of sp³-hybridized carbons (Fsp3) is 0.500. The van der Waals surface area contributed by atoms with Crippen LogP contribution in [0, 0.1) is 0 Å². The molecule has 0 radical (unpaired) electrons. The van der Waals surface area contributed by atoms with E-state index in [-0.39, 0.29) is 34.8 Å². The van der Waals surface area contributed by atoms with Crippen LogP contribution < -0.4 is 21.3 Å². The SMILES string of the molecule is C=c1c(=O)n(CCC(C)(F)F)c(CN(C=O)CC)c(C(O)NC)/c1=C/C=C\CF. The monoisotopic (exact) mass is 415 g/mol. The Bertz CT molecular complexity index is 891. The molecule has 1 heterocycles. The number of rotatable bonds is 11. The van der Waals surface area contributed by atoms with Crippen LogP contribution in [0.5, 0.6) is 0 Å². The Morgan fingerprint density at radius 3 is 2.55 bits per heavy atom. The molecule has 1 aromatic heterocycles. The van der Waals surface area contributed by atoms with E-state index in [2.05, 4.69) is 11.9 Å². The quantitative estimate of drug-likeness (QED) is 0.414. The highest BCUT2D eigenvalue weighted by Gasteiger charge is 2.25. The van der Waals surface area contributed by atoms with Crippen molar-refractivity contribution in [2.24, 2.45) is 0 Å². The molecular formula is C20H28F3N3O3. The lowest BCUT2D eigenvalue weighted by atomic mass is 10.0. The highest BCUT2D eigenvalue weighted by Crippen LogP contribution is 2.19. The van der Waals surface area contributed by atoms with Crippen LogP contribution in [-0.4, -0.2) is 47.2 Å². The number of alkyl halides is 3. The molecule has 1 aromatic rings. The number of hydrogen-bond acceptors (Lipinski definition) is 4. The first kappa shape index (κ1) is 24.6. The van der Waals surface area contributed by atoms with E-state index in [0.717, 1.165) is 11.5 Å². The minimum atomic E-state index is -3.01. The van der Waals surface area contributed by atoms with Crippen LogP contribution in [0.3, 0.4) is 0 Å².